The molecule has 0 saturated carbocycles. The fraction of sp³-hybridized carbons (Fsp3) is 0. The van der Waals surface area contributed by atoms with Crippen LogP contribution in [0.4, 0.5) is 11.4 Å². The van der Waals surface area contributed by atoms with Crippen molar-refractivity contribution in [1.82, 2.24) is 0 Å². The molecule has 0 aliphatic heterocycles. The van der Waals surface area contributed by atoms with Gasteiger partial charge in [0.25, 0.3) is 5.91 Å². The molecule has 3 aromatic rings. The zero-order valence-corrected chi connectivity index (χ0v) is 12.6. The molecular weight excluding hydrogens is 308 g/mol. The molecule has 0 bridgehead atoms. The molecular formula is C18H14N2O4. The normalized spacial score (nSPS) is 10.7. The third-order valence-corrected chi connectivity index (χ3v) is 3.08. The average molecular weight is 322 g/mol. The van der Waals surface area contributed by atoms with Crippen LogP contribution in [0, 0.1) is 0 Å². The highest BCUT2D eigenvalue weighted by Crippen LogP contribution is 2.16. The molecule has 2 heterocycles. The average Bonchev–Trinajstić information content (AvgIpc) is 3.27. The zero-order chi connectivity index (χ0) is 16.8. The predicted octanol–water partition coefficient (Wildman–Crippen LogP) is 3.78. The van der Waals surface area contributed by atoms with Crippen molar-refractivity contribution in [2.24, 2.45) is 0 Å². The summed E-state index contributed by atoms with van der Waals surface area (Å²) in [5.41, 5.74) is 1.10. The quantitative estimate of drug-likeness (QED) is 0.700. The van der Waals surface area contributed by atoms with E-state index >= 15 is 0 Å². The van der Waals surface area contributed by atoms with Gasteiger partial charge in [0.05, 0.1) is 12.5 Å². The second-order valence-corrected chi connectivity index (χ2v) is 4.85. The Balaban J connectivity index is 1.62. The van der Waals surface area contributed by atoms with E-state index in [1.54, 1.807) is 54.6 Å². The zero-order valence-electron chi connectivity index (χ0n) is 12.6. The molecule has 2 aromatic heterocycles. The van der Waals surface area contributed by atoms with Crippen molar-refractivity contribution in [3.8, 4) is 0 Å². The van der Waals surface area contributed by atoms with Crippen LogP contribution in [0.1, 0.15) is 16.3 Å². The number of carbonyl (C=O) groups excluding carboxylic acids is 2. The number of carbonyl (C=O) groups is 2. The molecule has 3 rings (SSSR count). The number of furan rings is 2. The summed E-state index contributed by atoms with van der Waals surface area (Å²) < 4.78 is 10.1. The van der Waals surface area contributed by atoms with Crippen LogP contribution < -0.4 is 10.6 Å². The van der Waals surface area contributed by atoms with Crippen molar-refractivity contribution in [2.75, 3.05) is 10.6 Å². The van der Waals surface area contributed by atoms with E-state index in [9.17, 15) is 9.59 Å². The predicted molar refractivity (Wildman–Crippen MR) is 89.5 cm³/mol. The first-order chi connectivity index (χ1) is 11.7. The third-order valence-electron chi connectivity index (χ3n) is 3.08. The Morgan fingerprint density at radius 2 is 1.62 bits per heavy atom. The number of rotatable bonds is 5. The highest BCUT2D eigenvalue weighted by atomic mass is 16.3. The van der Waals surface area contributed by atoms with Gasteiger partial charge >= 0.3 is 0 Å². The van der Waals surface area contributed by atoms with Crippen LogP contribution in [0.5, 0.6) is 0 Å². The molecule has 0 spiro atoms. The lowest BCUT2D eigenvalue weighted by molar-refractivity contribution is -0.111. The number of benzene rings is 1. The third kappa shape index (κ3) is 4.01. The smallest absolute Gasteiger partial charge is 0.291 e. The summed E-state index contributed by atoms with van der Waals surface area (Å²) in [5, 5.41) is 5.41. The summed E-state index contributed by atoms with van der Waals surface area (Å²) in [7, 11) is 0. The standard InChI is InChI=1S/C18H14N2O4/c21-17(9-8-15-6-2-10-23-15)19-13-4-1-5-14(12-13)20-18(22)16-7-3-11-24-16/h1-12H,(H,19,21)(H,20,22)/b9-8-. The molecule has 0 aliphatic rings. The van der Waals surface area contributed by atoms with E-state index in [-0.39, 0.29) is 17.6 Å². The van der Waals surface area contributed by atoms with E-state index in [1.807, 2.05) is 0 Å². The van der Waals surface area contributed by atoms with Crippen molar-refractivity contribution in [1.29, 1.82) is 0 Å². The molecule has 0 atom stereocenters. The number of hydrogen-bond acceptors (Lipinski definition) is 4. The van der Waals surface area contributed by atoms with Crippen molar-refractivity contribution in [3.05, 3.63) is 78.7 Å². The molecule has 24 heavy (non-hydrogen) atoms. The van der Waals surface area contributed by atoms with Crippen LogP contribution in [0.2, 0.25) is 0 Å². The summed E-state index contributed by atoms with van der Waals surface area (Å²) in [5.74, 6) is 0.137. The Labute approximate surface area is 137 Å². The fourth-order valence-corrected chi connectivity index (χ4v) is 2.00. The van der Waals surface area contributed by atoms with E-state index in [0.717, 1.165) is 0 Å². The molecule has 6 heteroatoms. The van der Waals surface area contributed by atoms with E-state index in [0.29, 0.717) is 17.1 Å². The van der Waals surface area contributed by atoms with Gasteiger partial charge in [-0.05, 0) is 48.5 Å². The van der Waals surface area contributed by atoms with Gasteiger partial charge in [-0.3, -0.25) is 9.59 Å². The van der Waals surface area contributed by atoms with Crippen LogP contribution in [-0.2, 0) is 4.79 Å². The number of nitrogens with one attached hydrogen (secondary N) is 2. The second kappa shape index (κ2) is 7.15. The van der Waals surface area contributed by atoms with Gasteiger partial charge < -0.3 is 19.5 Å². The summed E-state index contributed by atoms with van der Waals surface area (Å²) in [6.45, 7) is 0. The van der Waals surface area contributed by atoms with Gasteiger partial charge in [-0.1, -0.05) is 6.07 Å². The van der Waals surface area contributed by atoms with Gasteiger partial charge in [0.2, 0.25) is 5.91 Å². The summed E-state index contributed by atoms with van der Waals surface area (Å²) in [6, 6.07) is 13.5. The van der Waals surface area contributed by atoms with Gasteiger partial charge in [0.1, 0.15) is 5.76 Å². The molecule has 0 fully saturated rings. The molecule has 2 N–H and O–H groups in total. The van der Waals surface area contributed by atoms with E-state index < -0.39 is 0 Å². The topological polar surface area (TPSA) is 84.5 Å². The maximum Gasteiger partial charge on any atom is 0.291 e. The van der Waals surface area contributed by atoms with Crippen LogP contribution in [0.3, 0.4) is 0 Å². The van der Waals surface area contributed by atoms with Crippen LogP contribution in [-0.4, -0.2) is 11.8 Å². The van der Waals surface area contributed by atoms with Crippen molar-refractivity contribution >= 4 is 29.3 Å². The molecule has 0 radical (unpaired) electrons. The minimum Gasteiger partial charge on any atom is -0.465 e. The van der Waals surface area contributed by atoms with Crippen molar-refractivity contribution in [2.45, 2.75) is 0 Å². The van der Waals surface area contributed by atoms with E-state index in [1.165, 1.54) is 18.6 Å². The lowest BCUT2D eigenvalue weighted by Gasteiger charge is -2.06. The van der Waals surface area contributed by atoms with Crippen LogP contribution in [0.25, 0.3) is 6.08 Å². The summed E-state index contributed by atoms with van der Waals surface area (Å²) >= 11 is 0. The largest absolute Gasteiger partial charge is 0.465 e. The number of anilines is 2. The van der Waals surface area contributed by atoms with Gasteiger partial charge in [0.15, 0.2) is 5.76 Å². The Hall–Kier alpha value is -3.54. The molecule has 120 valence electrons. The maximum absolute atomic E-state index is 11.9. The van der Waals surface area contributed by atoms with Gasteiger partial charge in [-0.15, -0.1) is 0 Å². The minimum absolute atomic E-state index is 0.214. The molecule has 0 saturated heterocycles. The Morgan fingerprint density at radius 1 is 0.875 bits per heavy atom. The van der Waals surface area contributed by atoms with Gasteiger partial charge in [0, 0.05) is 17.5 Å². The highest BCUT2D eigenvalue weighted by Gasteiger charge is 2.09. The lowest BCUT2D eigenvalue weighted by atomic mass is 10.2. The van der Waals surface area contributed by atoms with Crippen molar-refractivity contribution < 1.29 is 18.4 Å². The molecule has 0 unspecified atom stereocenters. The Morgan fingerprint density at radius 3 is 2.33 bits per heavy atom. The Kier molecular flexibility index (Phi) is 4.57. The summed E-state index contributed by atoms with van der Waals surface area (Å²) in [6.07, 6.45) is 5.89. The monoisotopic (exact) mass is 322 g/mol. The first kappa shape index (κ1) is 15.4. The van der Waals surface area contributed by atoms with Crippen LogP contribution in [0.15, 0.2) is 76.0 Å². The highest BCUT2D eigenvalue weighted by molar-refractivity contribution is 6.04. The number of hydrogen-bond donors (Lipinski definition) is 2. The van der Waals surface area contributed by atoms with Gasteiger partial charge in [-0.25, -0.2) is 0 Å². The molecule has 1 aromatic carbocycles. The maximum atomic E-state index is 11.9. The second-order valence-electron chi connectivity index (χ2n) is 4.85. The molecule has 0 aliphatic carbocycles. The van der Waals surface area contributed by atoms with Gasteiger partial charge in [-0.2, -0.15) is 0 Å². The van der Waals surface area contributed by atoms with E-state index in [2.05, 4.69) is 10.6 Å². The van der Waals surface area contributed by atoms with Crippen molar-refractivity contribution in [3.63, 3.8) is 0 Å². The lowest BCUT2D eigenvalue weighted by Crippen LogP contribution is -2.12. The first-order valence-corrected chi connectivity index (χ1v) is 7.18. The first-order valence-electron chi connectivity index (χ1n) is 7.18. The SMILES string of the molecule is O=C(/C=C\c1ccco1)Nc1cccc(NC(=O)c2ccco2)c1. The number of amides is 2. The molecule has 2 amide bonds. The van der Waals surface area contributed by atoms with E-state index in [4.69, 9.17) is 8.83 Å². The minimum atomic E-state index is -0.360. The fourth-order valence-electron chi connectivity index (χ4n) is 2.00. The van der Waals surface area contributed by atoms with Crippen LogP contribution >= 0.6 is 0 Å². The molecule has 6 nitrogen and oxygen atoms in total. The summed E-state index contributed by atoms with van der Waals surface area (Å²) in [4.78, 5) is 23.8. The Bertz CT molecular complexity index is 849.